The number of aryl methyl sites for hydroxylation is 1. The molecule has 0 aromatic heterocycles. The molecule has 0 fully saturated rings. The van der Waals surface area contributed by atoms with Gasteiger partial charge >= 0.3 is 0 Å². The minimum absolute atomic E-state index is 0.595. The molecule has 0 amide bonds. The summed E-state index contributed by atoms with van der Waals surface area (Å²) in [7, 11) is 0. The second kappa shape index (κ2) is 4.65. The van der Waals surface area contributed by atoms with Crippen LogP contribution in [-0.4, -0.2) is 12.9 Å². The van der Waals surface area contributed by atoms with Crippen molar-refractivity contribution in [3.63, 3.8) is 0 Å². The van der Waals surface area contributed by atoms with E-state index in [-0.39, 0.29) is 0 Å². The third kappa shape index (κ3) is 2.08. The minimum atomic E-state index is 0.595. The second-order valence-corrected chi connectivity index (χ2v) is 2.74. The number of hydrogen-bond donors (Lipinski definition) is 0. The maximum atomic E-state index is 10.7. The molecular weight excluding hydrogens is 164 g/mol. The lowest BCUT2D eigenvalue weighted by Gasteiger charge is -2.10. The Morgan fingerprint density at radius 2 is 2.15 bits per heavy atom. The van der Waals surface area contributed by atoms with Gasteiger partial charge in [0.2, 0.25) is 0 Å². The van der Waals surface area contributed by atoms with Gasteiger partial charge in [-0.1, -0.05) is 19.1 Å². The zero-order chi connectivity index (χ0) is 9.68. The van der Waals surface area contributed by atoms with Gasteiger partial charge in [-0.3, -0.25) is 4.79 Å². The van der Waals surface area contributed by atoms with Gasteiger partial charge in [0.25, 0.3) is 0 Å². The molecule has 0 bridgehead atoms. The van der Waals surface area contributed by atoms with Crippen molar-refractivity contribution in [3.8, 4) is 5.75 Å². The topological polar surface area (TPSA) is 26.3 Å². The number of carbonyl (C=O) groups excluding carboxylic acids is 1. The number of aldehydes is 1. The summed E-state index contributed by atoms with van der Waals surface area (Å²) in [5, 5.41) is 0. The summed E-state index contributed by atoms with van der Waals surface area (Å²) in [5.74, 6) is 0.738. The van der Waals surface area contributed by atoms with Crippen LogP contribution < -0.4 is 4.74 Å². The Morgan fingerprint density at radius 3 is 2.69 bits per heavy atom. The molecule has 0 aliphatic heterocycles. The number of ether oxygens (including phenoxy) is 1. The van der Waals surface area contributed by atoms with E-state index in [1.807, 2.05) is 26.0 Å². The van der Waals surface area contributed by atoms with Crippen molar-refractivity contribution in [3.05, 3.63) is 29.3 Å². The van der Waals surface area contributed by atoms with Crippen LogP contribution >= 0.6 is 0 Å². The van der Waals surface area contributed by atoms with E-state index in [0.29, 0.717) is 12.2 Å². The van der Waals surface area contributed by atoms with Gasteiger partial charge in [-0.05, 0) is 25.0 Å². The first-order valence-corrected chi connectivity index (χ1v) is 4.53. The van der Waals surface area contributed by atoms with Gasteiger partial charge in [0.05, 0.1) is 12.2 Å². The molecule has 13 heavy (non-hydrogen) atoms. The van der Waals surface area contributed by atoms with Gasteiger partial charge in [0, 0.05) is 0 Å². The lowest BCUT2D eigenvalue weighted by atomic mass is 10.1. The minimum Gasteiger partial charge on any atom is -0.493 e. The molecule has 1 aromatic carbocycles. The first-order chi connectivity index (χ1) is 6.33. The fraction of sp³-hybridized carbons (Fsp3) is 0.364. The summed E-state index contributed by atoms with van der Waals surface area (Å²) in [6.07, 6.45) is 1.72. The number of para-hydroxylation sites is 1. The zero-order valence-corrected chi connectivity index (χ0v) is 8.04. The summed E-state index contributed by atoms with van der Waals surface area (Å²) < 4.78 is 5.42. The van der Waals surface area contributed by atoms with E-state index in [0.717, 1.165) is 24.0 Å². The quantitative estimate of drug-likeness (QED) is 0.662. The zero-order valence-electron chi connectivity index (χ0n) is 8.04. The maximum Gasteiger partial charge on any atom is 0.153 e. The van der Waals surface area contributed by atoms with Crippen LogP contribution in [-0.2, 0) is 6.42 Å². The average molecular weight is 178 g/mol. The Morgan fingerprint density at radius 1 is 1.38 bits per heavy atom. The lowest BCUT2D eigenvalue weighted by molar-refractivity contribution is 0.111. The van der Waals surface area contributed by atoms with E-state index in [1.54, 1.807) is 6.07 Å². The van der Waals surface area contributed by atoms with E-state index in [1.165, 1.54) is 0 Å². The molecule has 0 spiro atoms. The van der Waals surface area contributed by atoms with E-state index < -0.39 is 0 Å². The number of carbonyl (C=O) groups is 1. The number of hydrogen-bond acceptors (Lipinski definition) is 2. The van der Waals surface area contributed by atoms with Crippen LogP contribution in [0.15, 0.2) is 18.2 Å². The van der Waals surface area contributed by atoms with Crippen LogP contribution in [0, 0.1) is 0 Å². The van der Waals surface area contributed by atoms with Gasteiger partial charge in [-0.25, -0.2) is 0 Å². The van der Waals surface area contributed by atoms with E-state index in [4.69, 9.17) is 4.74 Å². The van der Waals surface area contributed by atoms with E-state index in [9.17, 15) is 4.79 Å². The van der Waals surface area contributed by atoms with Crippen LogP contribution in [0.5, 0.6) is 5.75 Å². The summed E-state index contributed by atoms with van der Waals surface area (Å²) in [6.45, 7) is 4.56. The lowest BCUT2D eigenvalue weighted by Crippen LogP contribution is -1.99. The van der Waals surface area contributed by atoms with Crippen molar-refractivity contribution in [1.29, 1.82) is 0 Å². The van der Waals surface area contributed by atoms with E-state index >= 15 is 0 Å². The van der Waals surface area contributed by atoms with Gasteiger partial charge in [0.1, 0.15) is 5.75 Å². The summed E-state index contributed by atoms with van der Waals surface area (Å²) >= 11 is 0. The highest BCUT2D eigenvalue weighted by molar-refractivity contribution is 5.80. The fourth-order valence-electron chi connectivity index (χ4n) is 1.30. The van der Waals surface area contributed by atoms with Crippen molar-refractivity contribution >= 4 is 6.29 Å². The van der Waals surface area contributed by atoms with Crippen LogP contribution in [0.3, 0.4) is 0 Å². The highest BCUT2D eigenvalue weighted by Crippen LogP contribution is 2.23. The van der Waals surface area contributed by atoms with Crippen LogP contribution in [0.4, 0.5) is 0 Å². The van der Waals surface area contributed by atoms with E-state index in [2.05, 4.69) is 0 Å². The molecule has 0 atom stereocenters. The first-order valence-electron chi connectivity index (χ1n) is 4.53. The van der Waals surface area contributed by atoms with Crippen molar-refractivity contribution in [1.82, 2.24) is 0 Å². The predicted octanol–water partition coefficient (Wildman–Crippen LogP) is 2.46. The standard InChI is InChI=1S/C11H14O2/c1-3-9-6-5-7-10(8-12)11(9)13-4-2/h5-8H,3-4H2,1-2H3. The van der Waals surface area contributed by atoms with Crippen molar-refractivity contribution in [2.75, 3.05) is 6.61 Å². The number of rotatable bonds is 4. The molecule has 1 rings (SSSR count). The summed E-state index contributed by atoms with van der Waals surface area (Å²) in [5.41, 5.74) is 1.73. The first kappa shape index (κ1) is 9.78. The summed E-state index contributed by atoms with van der Waals surface area (Å²) in [4.78, 5) is 10.7. The van der Waals surface area contributed by atoms with Crippen molar-refractivity contribution in [2.45, 2.75) is 20.3 Å². The molecule has 1 aromatic rings. The normalized spacial score (nSPS) is 9.69. The van der Waals surface area contributed by atoms with Crippen molar-refractivity contribution in [2.24, 2.45) is 0 Å². The Hall–Kier alpha value is -1.31. The average Bonchev–Trinajstić information content (AvgIpc) is 2.18. The van der Waals surface area contributed by atoms with Gasteiger partial charge in [-0.15, -0.1) is 0 Å². The van der Waals surface area contributed by atoms with Crippen LogP contribution in [0.1, 0.15) is 29.8 Å². The largest absolute Gasteiger partial charge is 0.493 e. The molecule has 0 radical (unpaired) electrons. The molecule has 0 saturated heterocycles. The van der Waals surface area contributed by atoms with Gasteiger partial charge < -0.3 is 4.74 Å². The molecule has 0 N–H and O–H groups in total. The highest BCUT2D eigenvalue weighted by atomic mass is 16.5. The Kier molecular flexibility index (Phi) is 3.50. The Balaban J connectivity index is 3.12. The monoisotopic (exact) mass is 178 g/mol. The molecule has 0 saturated carbocycles. The van der Waals surface area contributed by atoms with Crippen LogP contribution in [0.25, 0.3) is 0 Å². The smallest absolute Gasteiger partial charge is 0.153 e. The molecule has 0 unspecified atom stereocenters. The highest BCUT2D eigenvalue weighted by Gasteiger charge is 2.06. The maximum absolute atomic E-state index is 10.7. The molecule has 0 aliphatic rings. The summed E-state index contributed by atoms with van der Waals surface area (Å²) in [6, 6.07) is 5.64. The third-order valence-electron chi connectivity index (χ3n) is 1.92. The van der Waals surface area contributed by atoms with Crippen molar-refractivity contribution < 1.29 is 9.53 Å². The SMILES string of the molecule is CCOc1c(C=O)cccc1CC. The Bertz CT molecular complexity index is 292. The molecule has 0 aliphatic carbocycles. The molecule has 2 nitrogen and oxygen atoms in total. The molecule has 0 heterocycles. The second-order valence-electron chi connectivity index (χ2n) is 2.74. The third-order valence-corrected chi connectivity index (χ3v) is 1.92. The number of benzene rings is 1. The van der Waals surface area contributed by atoms with Gasteiger partial charge in [-0.2, -0.15) is 0 Å². The predicted molar refractivity (Wildman–Crippen MR) is 52.4 cm³/mol. The van der Waals surface area contributed by atoms with Gasteiger partial charge in [0.15, 0.2) is 6.29 Å². The Labute approximate surface area is 78.5 Å². The van der Waals surface area contributed by atoms with Crippen LogP contribution in [0.2, 0.25) is 0 Å². The molecule has 70 valence electrons. The molecular formula is C11H14O2. The fourth-order valence-corrected chi connectivity index (χ4v) is 1.30. The molecule has 2 heteroatoms.